The van der Waals surface area contributed by atoms with Crippen LogP contribution >= 0.6 is 0 Å². The third-order valence-electron chi connectivity index (χ3n) is 2.57. The average Bonchev–Trinajstić information content (AvgIpc) is 2.38. The lowest BCUT2D eigenvalue weighted by Crippen LogP contribution is -2.34. The van der Waals surface area contributed by atoms with Gasteiger partial charge in [-0.25, -0.2) is 0 Å². The minimum atomic E-state index is -0.190. The van der Waals surface area contributed by atoms with Gasteiger partial charge in [-0.2, -0.15) is 0 Å². The maximum absolute atomic E-state index is 11.6. The van der Waals surface area contributed by atoms with Crippen LogP contribution in [0, 0.1) is 12.3 Å². The van der Waals surface area contributed by atoms with E-state index in [1.165, 1.54) is 0 Å². The molecular weight excluding hydrogens is 240 g/mol. The Morgan fingerprint density at radius 1 is 1.58 bits per heavy atom. The highest BCUT2D eigenvalue weighted by Gasteiger charge is 2.08. The topological polar surface area (TPSA) is 64.3 Å². The maximum Gasteiger partial charge on any atom is 0.224 e. The van der Waals surface area contributed by atoms with Gasteiger partial charge in [0.1, 0.15) is 5.75 Å². The van der Waals surface area contributed by atoms with Crippen LogP contribution in [0.25, 0.3) is 0 Å². The number of hydrogen-bond donors (Lipinski definition) is 2. The maximum atomic E-state index is 11.6. The van der Waals surface area contributed by atoms with Crippen molar-refractivity contribution >= 4 is 11.6 Å². The van der Waals surface area contributed by atoms with Gasteiger partial charge in [0, 0.05) is 11.8 Å². The van der Waals surface area contributed by atoms with E-state index in [9.17, 15) is 4.79 Å². The van der Waals surface area contributed by atoms with E-state index in [-0.39, 0.29) is 18.4 Å². The van der Waals surface area contributed by atoms with Crippen LogP contribution in [-0.4, -0.2) is 18.6 Å². The van der Waals surface area contributed by atoms with Gasteiger partial charge in [-0.15, -0.1) is 6.42 Å². The summed E-state index contributed by atoms with van der Waals surface area (Å²) in [6, 6.07) is 6.92. The quantitative estimate of drug-likeness (QED) is 0.582. The molecule has 1 atom stereocenters. The Bertz CT molecular complexity index is 452. The first kappa shape index (κ1) is 14.9. The summed E-state index contributed by atoms with van der Waals surface area (Å²) >= 11 is 0. The molecule has 0 aliphatic carbocycles. The molecule has 0 aromatic heterocycles. The molecule has 0 aliphatic heterocycles. The van der Waals surface area contributed by atoms with E-state index in [0.29, 0.717) is 18.0 Å². The van der Waals surface area contributed by atoms with E-state index in [2.05, 4.69) is 11.2 Å². The van der Waals surface area contributed by atoms with Gasteiger partial charge in [0.2, 0.25) is 5.91 Å². The minimum absolute atomic E-state index is 0.0969. The molecule has 1 aromatic carbocycles. The van der Waals surface area contributed by atoms with Crippen LogP contribution in [0.2, 0.25) is 0 Å². The third-order valence-corrected chi connectivity index (χ3v) is 2.57. The fourth-order valence-corrected chi connectivity index (χ4v) is 1.62. The average molecular weight is 260 g/mol. The van der Waals surface area contributed by atoms with Crippen molar-refractivity contribution in [2.75, 3.05) is 12.3 Å². The number of ether oxygens (including phenoxy) is 1. The molecule has 1 rings (SSSR count). The van der Waals surface area contributed by atoms with Crippen molar-refractivity contribution in [2.24, 2.45) is 0 Å². The van der Waals surface area contributed by atoms with E-state index in [4.69, 9.17) is 16.9 Å². The lowest BCUT2D eigenvalue weighted by atomic mass is 10.2. The molecule has 1 aromatic rings. The molecule has 0 spiro atoms. The van der Waals surface area contributed by atoms with E-state index < -0.39 is 0 Å². The predicted molar refractivity (Wildman–Crippen MR) is 76.6 cm³/mol. The van der Waals surface area contributed by atoms with Gasteiger partial charge in [0.25, 0.3) is 0 Å². The van der Waals surface area contributed by atoms with Gasteiger partial charge in [-0.1, -0.05) is 25.3 Å². The Kier molecular flexibility index (Phi) is 6.31. The molecule has 0 radical (unpaired) electrons. The number of benzene rings is 1. The fourth-order valence-electron chi connectivity index (χ4n) is 1.62. The van der Waals surface area contributed by atoms with E-state index in [1.807, 2.05) is 6.92 Å². The van der Waals surface area contributed by atoms with Crippen LogP contribution in [0.5, 0.6) is 5.75 Å². The van der Waals surface area contributed by atoms with Crippen LogP contribution in [-0.2, 0) is 4.79 Å². The highest BCUT2D eigenvalue weighted by molar-refractivity contribution is 5.76. The first-order valence-electron chi connectivity index (χ1n) is 6.39. The molecule has 0 fully saturated rings. The van der Waals surface area contributed by atoms with Crippen molar-refractivity contribution in [2.45, 2.75) is 32.2 Å². The van der Waals surface area contributed by atoms with E-state index in [1.54, 1.807) is 24.3 Å². The number of anilines is 1. The van der Waals surface area contributed by atoms with E-state index in [0.717, 1.165) is 12.8 Å². The van der Waals surface area contributed by atoms with Crippen molar-refractivity contribution < 1.29 is 9.53 Å². The number of carbonyl (C=O) groups excluding carboxylic acids is 1. The van der Waals surface area contributed by atoms with Gasteiger partial charge in [0.05, 0.1) is 19.1 Å². The summed E-state index contributed by atoms with van der Waals surface area (Å²) in [6.45, 7) is 2.33. The summed E-state index contributed by atoms with van der Waals surface area (Å²) in [6.07, 6.45) is 7.34. The summed E-state index contributed by atoms with van der Waals surface area (Å²) < 4.78 is 5.44. The Labute approximate surface area is 114 Å². The monoisotopic (exact) mass is 260 g/mol. The Balaban J connectivity index is 2.29. The molecular formula is C15H20N2O2. The normalized spacial score (nSPS) is 11.4. The number of carbonyl (C=O) groups is 1. The molecule has 0 heterocycles. The van der Waals surface area contributed by atoms with Gasteiger partial charge in [0.15, 0.2) is 0 Å². The standard InChI is InChI=1S/C15H20N2O2/c1-3-6-13(4-2)17-15(18)9-10-19-14-8-5-7-12(16)11-14/h2,5,7-8,11,13H,3,6,9-10,16H2,1H3,(H,17,18). The summed E-state index contributed by atoms with van der Waals surface area (Å²) in [4.78, 5) is 11.6. The molecule has 0 saturated heterocycles. The molecule has 3 N–H and O–H groups in total. The van der Waals surface area contributed by atoms with Crippen molar-refractivity contribution in [1.29, 1.82) is 0 Å². The molecule has 1 amide bonds. The first-order valence-corrected chi connectivity index (χ1v) is 6.39. The van der Waals surface area contributed by atoms with Crippen LogP contribution in [0.15, 0.2) is 24.3 Å². The number of amides is 1. The largest absolute Gasteiger partial charge is 0.493 e. The second kappa shape index (κ2) is 8.04. The minimum Gasteiger partial charge on any atom is -0.493 e. The van der Waals surface area contributed by atoms with Crippen molar-refractivity contribution in [1.82, 2.24) is 5.32 Å². The molecule has 0 saturated carbocycles. The third kappa shape index (κ3) is 5.82. The molecule has 0 bridgehead atoms. The van der Waals surface area contributed by atoms with E-state index >= 15 is 0 Å². The number of nitrogen functional groups attached to an aromatic ring is 1. The lowest BCUT2D eigenvalue weighted by Gasteiger charge is -2.12. The highest BCUT2D eigenvalue weighted by atomic mass is 16.5. The molecule has 4 heteroatoms. The zero-order valence-corrected chi connectivity index (χ0v) is 11.2. The zero-order valence-electron chi connectivity index (χ0n) is 11.2. The fraction of sp³-hybridized carbons (Fsp3) is 0.400. The van der Waals surface area contributed by atoms with Gasteiger partial charge in [-0.3, -0.25) is 4.79 Å². The number of nitrogens with one attached hydrogen (secondary N) is 1. The smallest absolute Gasteiger partial charge is 0.224 e. The Hall–Kier alpha value is -2.15. The molecule has 19 heavy (non-hydrogen) atoms. The van der Waals surface area contributed by atoms with Crippen LogP contribution in [0.3, 0.4) is 0 Å². The SMILES string of the molecule is C#CC(CCC)NC(=O)CCOc1cccc(N)c1. The predicted octanol–water partition coefficient (Wildman–Crippen LogP) is 1.96. The summed E-state index contributed by atoms with van der Waals surface area (Å²) in [5.74, 6) is 3.13. The van der Waals surface area contributed by atoms with Crippen LogP contribution < -0.4 is 15.8 Å². The van der Waals surface area contributed by atoms with Gasteiger partial charge in [-0.05, 0) is 18.6 Å². The number of hydrogen-bond acceptors (Lipinski definition) is 3. The lowest BCUT2D eigenvalue weighted by molar-refractivity contribution is -0.121. The Morgan fingerprint density at radius 3 is 3.00 bits per heavy atom. The van der Waals surface area contributed by atoms with Crippen molar-refractivity contribution in [3.05, 3.63) is 24.3 Å². The second-order valence-electron chi connectivity index (χ2n) is 4.25. The van der Waals surface area contributed by atoms with Crippen LogP contribution in [0.1, 0.15) is 26.2 Å². The summed E-state index contributed by atoms with van der Waals surface area (Å²) in [7, 11) is 0. The molecule has 4 nitrogen and oxygen atoms in total. The summed E-state index contributed by atoms with van der Waals surface area (Å²) in [5.41, 5.74) is 6.26. The second-order valence-corrected chi connectivity index (χ2v) is 4.25. The van der Waals surface area contributed by atoms with Gasteiger partial charge >= 0.3 is 0 Å². The first-order chi connectivity index (χ1) is 9.15. The Morgan fingerprint density at radius 2 is 2.37 bits per heavy atom. The zero-order chi connectivity index (χ0) is 14.1. The molecule has 102 valence electrons. The number of nitrogens with two attached hydrogens (primary N) is 1. The number of terminal acetylenes is 1. The number of rotatable bonds is 7. The highest BCUT2D eigenvalue weighted by Crippen LogP contribution is 2.14. The van der Waals surface area contributed by atoms with Gasteiger partial charge < -0.3 is 15.8 Å². The van der Waals surface area contributed by atoms with Crippen LogP contribution in [0.4, 0.5) is 5.69 Å². The van der Waals surface area contributed by atoms with Crippen molar-refractivity contribution in [3.8, 4) is 18.1 Å². The van der Waals surface area contributed by atoms with Crippen molar-refractivity contribution in [3.63, 3.8) is 0 Å². The molecule has 0 aliphatic rings. The molecule has 1 unspecified atom stereocenters. The summed E-state index contributed by atoms with van der Waals surface area (Å²) in [5, 5.41) is 2.79.